The molecular formula is C25H18F2N6O3S. The lowest BCUT2D eigenvalue weighted by Crippen LogP contribution is -2.39. The summed E-state index contributed by atoms with van der Waals surface area (Å²) in [6.45, 7) is 2.01. The summed E-state index contributed by atoms with van der Waals surface area (Å²) in [5.74, 6) is -1.76. The van der Waals surface area contributed by atoms with Gasteiger partial charge in [0.05, 0.1) is 17.3 Å². The van der Waals surface area contributed by atoms with Crippen LogP contribution in [0.3, 0.4) is 0 Å². The molecule has 1 aromatic carbocycles. The first-order chi connectivity index (χ1) is 17.8. The second kappa shape index (κ2) is 8.59. The molecule has 0 radical (unpaired) electrons. The standard InChI is InChI=1S/C25H18F2N6O3S/c1-12-30-18(11-37-12)23(34)31-14-2-3-19-15(9-14)25(5-7-35-24(28)33-25)16-10-17(32-22(27)21(16)36-19)13-4-6-29-20(26)8-13/h2-4,6,8-11H,5,7H2,1H3,(H2,28,33)(H,31,34)/t25-/m0/s1. The number of carbonyl (C=O) groups is 1. The summed E-state index contributed by atoms with van der Waals surface area (Å²) in [5, 5.41) is 5.28. The molecule has 12 heteroatoms. The zero-order valence-corrected chi connectivity index (χ0v) is 20.1. The van der Waals surface area contributed by atoms with Gasteiger partial charge < -0.3 is 20.5 Å². The fourth-order valence-electron chi connectivity index (χ4n) is 4.52. The van der Waals surface area contributed by atoms with Crippen LogP contribution in [0.15, 0.2) is 53.0 Å². The summed E-state index contributed by atoms with van der Waals surface area (Å²) in [6.07, 6.45) is 1.57. The Hall–Kier alpha value is -4.45. The average molecular weight is 521 g/mol. The molecule has 0 unspecified atom stereocenters. The molecular weight excluding hydrogens is 502 g/mol. The average Bonchev–Trinajstić information content (AvgIpc) is 3.32. The van der Waals surface area contributed by atoms with Gasteiger partial charge in [-0.1, -0.05) is 0 Å². The maximum absolute atomic E-state index is 15.4. The highest BCUT2D eigenvalue weighted by molar-refractivity contribution is 7.09. The first-order valence-corrected chi connectivity index (χ1v) is 12.1. The van der Waals surface area contributed by atoms with Gasteiger partial charge in [0.15, 0.2) is 5.75 Å². The van der Waals surface area contributed by atoms with Crippen molar-refractivity contribution >= 4 is 29.0 Å². The highest BCUT2D eigenvalue weighted by Gasteiger charge is 2.46. The molecule has 3 aromatic heterocycles. The molecule has 2 aliphatic rings. The maximum atomic E-state index is 15.4. The van der Waals surface area contributed by atoms with Crippen LogP contribution in [0, 0.1) is 18.8 Å². The van der Waals surface area contributed by atoms with Crippen molar-refractivity contribution in [2.45, 2.75) is 18.9 Å². The molecule has 0 bridgehead atoms. The van der Waals surface area contributed by atoms with Gasteiger partial charge in [-0.2, -0.15) is 8.78 Å². The Bertz CT molecular complexity index is 1610. The molecule has 4 aromatic rings. The van der Waals surface area contributed by atoms with E-state index >= 15 is 4.39 Å². The number of amides is 1. The van der Waals surface area contributed by atoms with Gasteiger partial charge in [0.25, 0.3) is 17.9 Å². The third-order valence-corrected chi connectivity index (χ3v) is 6.93. The summed E-state index contributed by atoms with van der Waals surface area (Å²) in [5.41, 5.74) is 6.97. The Kier molecular flexibility index (Phi) is 5.33. The van der Waals surface area contributed by atoms with Crippen molar-refractivity contribution in [3.63, 3.8) is 0 Å². The summed E-state index contributed by atoms with van der Waals surface area (Å²) >= 11 is 1.37. The number of halogens is 2. The highest BCUT2D eigenvalue weighted by Crippen LogP contribution is 2.53. The summed E-state index contributed by atoms with van der Waals surface area (Å²) in [6, 6.07) is 9.18. The fraction of sp³-hybridized carbons (Fsp3) is 0.160. The Balaban J connectivity index is 1.49. The third kappa shape index (κ3) is 3.95. The normalized spacial score (nSPS) is 17.8. The van der Waals surface area contributed by atoms with Crippen LogP contribution in [0.4, 0.5) is 14.5 Å². The van der Waals surface area contributed by atoms with E-state index in [2.05, 4.69) is 25.3 Å². The number of aromatic nitrogens is 3. The predicted molar refractivity (Wildman–Crippen MR) is 132 cm³/mol. The number of hydrogen-bond donors (Lipinski definition) is 2. The number of nitrogens with zero attached hydrogens (tertiary/aromatic N) is 4. The molecule has 1 atom stereocenters. The number of ether oxygens (including phenoxy) is 2. The van der Waals surface area contributed by atoms with E-state index in [9.17, 15) is 9.18 Å². The number of aliphatic imine (C=N–C) groups is 1. The number of rotatable bonds is 3. The van der Waals surface area contributed by atoms with Crippen LogP contribution in [0.25, 0.3) is 11.3 Å². The number of hydrogen-bond acceptors (Lipinski definition) is 9. The van der Waals surface area contributed by atoms with Crippen LogP contribution >= 0.6 is 11.3 Å². The lowest BCUT2D eigenvalue weighted by molar-refractivity contribution is 0.102. The molecule has 2 aliphatic heterocycles. The number of fused-ring (bicyclic) bond motifs is 4. The number of anilines is 1. The first-order valence-electron chi connectivity index (χ1n) is 11.2. The van der Waals surface area contributed by atoms with E-state index in [0.717, 1.165) is 11.1 Å². The van der Waals surface area contributed by atoms with Crippen LogP contribution < -0.4 is 15.8 Å². The Morgan fingerprint density at radius 2 is 2.03 bits per heavy atom. The van der Waals surface area contributed by atoms with Crippen LogP contribution in [0.5, 0.6) is 11.5 Å². The molecule has 0 aliphatic carbocycles. The summed E-state index contributed by atoms with van der Waals surface area (Å²) in [7, 11) is 0. The van der Waals surface area contributed by atoms with E-state index in [1.807, 2.05) is 6.92 Å². The molecule has 0 saturated carbocycles. The third-order valence-electron chi connectivity index (χ3n) is 6.16. The Labute approximate surface area is 213 Å². The smallest absolute Gasteiger partial charge is 0.283 e. The van der Waals surface area contributed by atoms with E-state index in [1.54, 1.807) is 29.6 Å². The van der Waals surface area contributed by atoms with Crippen molar-refractivity contribution in [2.24, 2.45) is 10.7 Å². The SMILES string of the molecule is Cc1nc(C(=O)Nc2ccc3c(c2)[C@@]2(CCOC(N)=N2)c2cc(-c4ccnc(F)c4)nc(F)c2O3)cs1. The topological polar surface area (TPSA) is 125 Å². The minimum atomic E-state index is -1.20. The molecule has 9 nitrogen and oxygen atoms in total. The quantitative estimate of drug-likeness (QED) is 0.381. The monoisotopic (exact) mass is 520 g/mol. The van der Waals surface area contributed by atoms with Crippen molar-refractivity contribution in [3.05, 3.63) is 81.7 Å². The molecule has 1 amide bonds. The summed E-state index contributed by atoms with van der Waals surface area (Å²) < 4.78 is 40.5. The van der Waals surface area contributed by atoms with Gasteiger partial charge in [0.2, 0.25) is 5.95 Å². The van der Waals surface area contributed by atoms with Crippen molar-refractivity contribution in [2.75, 3.05) is 11.9 Å². The van der Waals surface area contributed by atoms with Crippen molar-refractivity contribution in [1.29, 1.82) is 0 Å². The van der Waals surface area contributed by atoms with E-state index in [-0.39, 0.29) is 30.0 Å². The van der Waals surface area contributed by atoms with E-state index in [1.165, 1.54) is 23.6 Å². The largest absolute Gasteiger partial charge is 0.465 e. The van der Waals surface area contributed by atoms with Gasteiger partial charge >= 0.3 is 0 Å². The van der Waals surface area contributed by atoms with Crippen LogP contribution in [-0.4, -0.2) is 33.5 Å². The molecule has 1 spiro atoms. The molecule has 0 fully saturated rings. The number of aryl methyl sites for hydroxylation is 1. The van der Waals surface area contributed by atoms with Gasteiger partial charge in [-0.05, 0) is 37.3 Å². The fourth-order valence-corrected chi connectivity index (χ4v) is 5.12. The number of thiazole rings is 1. The zero-order valence-electron chi connectivity index (χ0n) is 19.3. The minimum absolute atomic E-state index is 0.0776. The Morgan fingerprint density at radius 3 is 2.78 bits per heavy atom. The van der Waals surface area contributed by atoms with Crippen LogP contribution in [0.2, 0.25) is 0 Å². The molecule has 3 N–H and O–H groups in total. The highest BCUT2D eigenvalue weighted by atomic mass is 32.1. The van der Waals surface area contributed by atoms with Crippen molar-refractivity contribution in [1.82, 2.24) is 15.0 Å². The van der Waals surface area contributed by atoms with Gasteiger partial charge in [0, 0.05) is 46.4 Å². The van der Waals surface area contributed by atoms with Gasteiger partial charge in [0.1, 0.15) is 17.0 Å². The van der Waals surface area contributed by atoms with Crippen molar-refractivity contribution in [3.8, 4) is 22.8 Å². The predicted octanol–water partition coefficient (Wildman–Crippen LogP) is 4.52. The number of nitrogens with one attached hydrogen (secondary N) is 1. The number of carbonyl (C=O) groups excluding carboxylic acids is 1. The second-order valence-corrected chi connectivity index (χ2v) is 9.53. The van der Waals surface area contributed by atoms with E-state index in [0.29, 0.717) is 40.2 Å². The van der Waals surface area contributed by atoms with Crippen LogP contribution in [0.1, 0.15) is 33.0 Å². The number of pyridine rings is 2. The first kappa shape index (κ1) is 23.0. The maximum Gasteiger partial charge on any atom is 0.283 e. The molecule has 6 rings (SSSR count). The lowest BCUT2D eigenvalue weighted by Gasteiger charge is -2.39. The van der Waals surface area contributed by atoms with Gasteiger partial charge in [-0.25, -0.2) is 19.9 Å². The molecule has 37 heavy (non-hydrogen) atoms. The number of nitrogens with two attached hydrogens (primary N) is 1. The van der Waals surface area contributed by atoms with E-state index < -0.39 is 17.4 Å². The van der Waals surface area contributed by atoms with Gasteiger partial charge in [-0.3, -0.25) is 4.79 Å². The minimum Gasteiger partial charge on any atom is -0.465 e. The summed E-state index contributed by atoms with van der Waals surface area (Å²) in [4.78, 5) is 29.1. The van der Waals surface area contributed by atoms with E-state index in [4.69, 9.17) is 15.2 Å². The molecule has 0 saturated heterocycles. The van der Waals surface area contributed by atoms with Crippen molar-refractivity contribution < 1.29 is 23.0 Å². The number of amidine groups is 1. The molecule has 186 valence electrons. The second-order valence-electron chi connectivity index (χ2n) is 8.47. The lowest BCUT2D eigenvalue weighted by atomic mass is 9.77. The number of benzene rings is 1. The van der Waals surface area contributed by atoms with Gasteiger partial charge in [-0.15, -0.1) is 11.3 Å². The zero-order chi connectivity index (χ0) is 25.7. The van der Waals surface area contributed by atoms with Crippen LogP contribution in [-0.2, 0) is 10.3 Å². The molecule has 5 heterocycles. The Morgan fingerprint density at radius 1 is 1.16 bits per heavy atom.